The van der Waals surface area contributed by atoms with Crippen LogP contribution >= 0.6 is 0 Å². The molecule has 4 heteroatoms. The molecule has 94 valence electrons. The highest BCUT2D eigenvalue weighted by Crippen LogP contribution is 2.31. The number of rotatable bonds is 2. The van der Waals surface area contributed by atoms with Crippen LogP contribution in [0.3, 0.4) is 0 Å². The predicted octanol–water partition coefficient (Wildman–Crippen LogP) is 2.62. The molecule has 0 spiro atoms. The summed E-state index contributed by atoms with van der Waals surface area (Å²) in [6.45, 7) is 3.84. The lowest BCUT2D eigenvalue weighted by Crippen LogP contribution is -2.14. The number of hydrogen-bond donors (Lipinski definition) is 1. The molecule has 2 N–H and O–H groups in total. The Morgan fingerprint density at radius 3 is 2.11 bits per heavy atom. The van der Waals surface area contributed by atoms with Gasteiger partial charge in [-0.25, -0.2) is 13.6 Å². The van der Waals surface area contributed by atoms with E-state index in [0.29, 0.717) is 5.56 Å². The summed E-state index contributed by atoms with van der Waals surface area (Å²) in [7, 11) is -3.72. The Kier molecular flexibility index (Phi) is 3.24. The first-order chi connectivity index (χ1) is 8.41. The number of nitrogens with two attached hydrogens (primary N) is 1. The second-order valence-electron chi connectivity index (χ2n) is 4.31. The van der Waals surface area contributed by atoms with E-state index in [9.17, 15) is 8.42 Å². The molecule has 2 aromatic rings. The molecule has 18 heavy (non-hydrogen) atoms. The fourth-order valence-electron chi connectivity index (χ4n) is 2.08. The van der Waals surface area contributed by atoms with Crippen molar-refractivity contribution in [3.05, 3.63) is 53.6 Å². The summed E-state index contributed by atoms with van der Waals surface area (Å²) in [5, 5.41) is 5.29. The number of primary sulfonamides is 1. The molecular formula is C14H15NO2S. The summed E-state index contributed by atoms with van der Waals surface area (Å²) < 4.78 is 23.3. The summed E-state index contributed by atoms with van der Waals surface area (Å²) >= 11 is 0. The molecular weight excluding hydrogens is 246 g/mol. The molecule has 0 radical (unpaired) electrons. The lowest BCUT2D eigenvalue weighted by atomic mass is 9.97. The normalized spacial score (nSPS) is 11.5. The van der Waals surface area contributed by atoms with Crippen LogP contribution in [0.15, 0.2) is 47.4 Å². The molecule has 3 nitrogen and oxygen atoms in total. The molecule has 0 bridgehead atoms. The van der Waals surface area contributed by atoms with Crippen LogP contribution in [0.5, 0.6) is 0 Å². The average molecular weight is 261 g/mol. The Morgan fingerprint density at radius 1 is 0.889 bits per heavy atom. The van der Waals surface area contributed by atoms with Crippen molar-refractivity contribution in [2.24, 2.45) is 5.14 Å². The van der Waals surface area contributed by atoms with E-state index in [1.54, 1.807) is 12.1 Å². The van der Waals surface area contributed by atoms with Gasteiger partial charge in [-0.3, -0.25) is 0 Å². The molecule has 0 fully saturated rings. The fraction of sp³-hybridized carbons (Fsp3) is 0.143. The molecule has 0 unspecified atom stereocenters. The first kappa shape index (κ1) is 12.8. The second kappa shape index (κ2) is 4.55. The molecule has 0 saturated heterocycles. The summed E-state index contributed by atoms with van der Waals surface area (Å²) in [6.07, 6.45) is 0. The summed E-state index contributed by atoms with van der Waals surface area (Å²) in [6, 6.07) is 12.8. The van der Waals surface area contributed by atoms with Crippen molar-refractivity contribution >= 4 is 10.0 Å². The monoisotopic (exact) mass is 261 g/mol. The zero-order chi connectivity index (χ0) is 13.3. The van der Waals surface area contributed by atoms with Gasteiger partial charge in [-0.1, -0.05) is 36.4 Å². The maximum absolute atomic E-state index is 11.7. The SMILES string of the molecule is Cc1ccccc1-c1c(C)cccc1S(N)(=O)=O. The first-order valence-corrected chi connectivity index (χ1v) is 7.14. The van der Waals surface area contributed by atoms with Crippen LogP contribution in [0.4, 0.5) is 0 Å². The third-order valence-corrected chi connectivity index (χ3v) is 3.91. The Labute approximate surface area is 107 Å². The number of benzene rings is 2. The minimum Gasteiger partial charge on any atom is -0.225 e. The fourth-order valence-corrected chi connectivity index (χ4v) is 2.90. The lowest BCUT2D eigenvalue weighted by Gasteiger charge is -2.13. The molecule has 0 amide bonds. The smallest absolute Gasteiger partial charge is 0.225 e. The van der Waals surface area contributed by atoms with Crippen molar-refractivity contribution < 1.29 is 8.42 Å². The molecule has 2 rings (SSSR count). The van der Waals surface area contributed by atoms with E-state index in [0.717, 1.165) is 16.7 Å². The van der Waals surface area contributed by atoms with Crippen LogP contribution in [0.2, 0.25) is 0 Å². The zero-order valence-corrected chi connectivity index (χ0v) is 11.2. The van der Waals surface area contributed by atoms with E-state index in [1.165, 1.54) is 0 Å². The molecule has 0 atom stereocenters. The van der Waals surface area contributed by atoms with Gasteiger partial charge < -0.3 is 0 Å². The summed E-state index contributed by atoms with van der Waals surface area (Å²) in [4.78, 5) is 0.178. The van der Waals surface area contributed by atoms with Gasteiger partial charge in [0, 0.05) is 5.56 Å². The van der Waals surface area contributed by atoms with Crippen molar-refractivity contribution in [1.82, 2.24) is 0 Å². The Morgan fingerprint density at radius 2 is 1.50 bits per heavy atom. The van der Waals surface area contributed by atoms with Gasteiger partial charge in [0.25, 0.3) is 0 Å². The van der Waals surface area contributed by atoms with Crippen molar-refractivity contribution in [3.8, 4) is 11.1 Å². The molecule has 0 aliphatic rings. The average Bonchev–Trinajstić information content (AvgIpc) is 2.29. The number of hydrogen-bond acceptors (Lipinski definition) is 2. The van der Waals surface area contributed by atoms with E-state index in [-0.39, 0.29) is 4.90 Å². The molecule has 2 aromatic carbocycles. The van der Waals surface area contributed by atoms with Crippen molar-refractivity contribution in [2.45, 2.75) is 18.7 Å². The first-order valence-electron chi connectivity index (χ1n) is 5.59. The largest absolute Gasteiger partial charge is 0.238 e. The minimum absolute atomic E-state index is 0.178. The summed E-state index contributed by atoms with van der Waals surface area (Å²) in [5.74, 6) is 0. The second-order valence-corrected chi connectivity index (χ2v) is 5.84. The van der Waals surface area contributed by atoms with Gasteiger partial charge in [0.05, 0.1) is 4.90 Å². The van der Waals surface area contributed by atoms with E-state index in [4.69, 9.17) is 5.14 Å². The van der Waals surface area contributed by atoms with Crippen LogP contribution in [0, 0.1) is 13.8 Å². The zero-order valence-electron chi connectivity index (χ0n) is 10.3. The van der Waals surface area contributed by atoms with Gasteiger partial charge >= 0.3 is 0 Å². The standard InChI is InChI=1S/C14H15NO2S/c1-10-6-3-4-8-12(10)14-11(2)7-5-9-13(14)18(15,16)17/h3-9H,1-2H3,(H2,15,16,17). The quantitative estimate of drug-likeness (QED) is 0.903. The highest BCUT2D eigenvalue weighted by molar-refractivity contribution is 7.89. The van der Waals surface area contributed by atoms with Crippen LogP contribution in [-0.4, -0.2) is 8.42 Å². The van der Waals surface area contributed by atoms with Gasteiger partial charge in [-0.05, 0) is 36.6 Å². The van der Waals surface area contributed by atoms with Crippen LogP contribution < -0.4 is 5.14 Å². The van der Waals surface area contributed by atoms with Crippen molar-refractivity contribution in [2.75, 3.05) is 0 Å². The van der Waals surface area contributed by atoms with Gasteiger partial charge in [0.2, 0.25) is 10.0 Å². The lowest BCUT2D eigenvalue weighted by molar-refractivity contribution is 0.598. The van der Waals surface area contributed by atoms with Crippen molar-refractivity contribution in [1.29, 1.82) is 0 Å². The molecule has 0 aromatic heterocycles. The van der Waals surface area contributed by atoms with Gasteiger partial charge in [-0.15, -0.1) is 0 Å². The highest BCUT2D eigenvalue weighted by Gasteiger charge is 2.17. The molecule has 0 saturated carbocycles. The van der Waals surface area contributed by atoms with Crippen molar-refractivity contribution in [3.63, 3.8) is 0 Å². The third kappa shape index (κ3) is 2.30. The van der Waals surface area contributed by atoms with Gasteiger partial charge in [0.1, 0.15) is 0 Å². The predicted molar refractivity (Wildman–Crippen MR) is 72.7 cm³/mol. The molecule has 0 aliphatic carbocycles. The Hall–Kier alpha value is -1.65. The Balaban J connectivity index is 2.84. The maximum atomic E-state index is 11.7. The third-order valence-electron chi connectivity index (χ3n) is 2.96. The van der Waals surface area contributed by atoms with Crippen LogP contribution in [0.25, 0.3) is 11.1 Å². The highest BCUT2D eigenvalue weighted by atomic mass is 32.2. The molecule has 0 aliphatic heterocycles. The van der Waals surface area contributed by atoms with Gasteiger partial charge in [-0.2, -0.15) is 0 Å². The minimum atomic E-state index is -3.72. The van der Waals surface area contributed by atoms with E-state index in [2.05, 4.69) is 0 Å². The topological polar surface area (TPSA) is 60.2 Å². The van der Waals surface area contributed by atoms with E-state index in [1.807, 2.05) is 44.2 Å². The van der Waals surface area contributed by atoms with E-state index >= 15 is 0 Å². The Bertz CT molecular complexity index is 691. The number of aryl methyl sites for hydroxylation is 2. The van der Waals surface area contributed by atoms with E-state index < -0.39 is 10.0 Å². The van der Waals surface area contributed by atoms with Gasteiger partial charge in [0.15, 0.2) is 0 Å². The number of sulfonamides is 1. The summed E-state index contributed by atoms with van der Waals surface area (Å²) in [5.41, 5.74) is 3.52. The van der Waals surface area contributed by atoms with Crippen LogP contribution in [0.1, 0.15) is 11.1 Å². The molecule has 0 heterocycles. The maximum Gasteiger partial charge on any atom is 0.238 e. The van der Waals surface area contributed by atoms with Crippen LogP contribution in [-0.2, 0) is 10.0 Å².